The van der Waals surface area contributed by atoms with Gasteiger partial charge in [0.25, 0.3) is 0 Å². The van der Waals surface area contributed by atoms with Crippen molar-refractivity contribution >= 4 is 11.7 Å². The molecule has 1 aliphatic heterocycles. The van der Waals surface area contributed by atoms with Crippen molar-refractivity contribution in [1.82, 2.24) is 9.97 Å². The summed E-state index contributed by atoms with van der Waals surface area (Å²) in [4.78, 5) is 22.4. The first-order chi connectivity index (χ1) is 15.0. The molecule has 158 valence electrons. The lowest BCUT2D eigenvalue weighted by Crippen LogP contribution is -2.28. The number of carbonyl (C=O) groups is 1. The number of carbonyl (C=O) groups excluding carboxylic acids is 1. The van der Waals surface area contributed by atoms with Crippen LogP contribution in [0.5, 0.6) is 5.88 Å². The molecule has 1 aromatic carbocycles. The van der Waals surface area contributed by atoms with Crippen molar-refractivity contribution in [3.63, 3.8) is 0 Å². The Morgan fingerprint density at radius 1 is 1.06 bits per heavy atom. The second-order valence-corrected chi connectivity index (χ2v) is 8.42. The summed E-state index contributed by atoms with van der Waals surface area (Å²) >= 11 is 0. The number of pyridine rings is 2. The molecule has 0 unspecified atom stereocenters. The third-order valence-electron chi connectivity index (χ3n) is 6.29. The number of ether oxygens (including phenoxy) is 2. The largest absolute Gasteiger partial charge is 0.481 e. The van der Waals surface area contributed by atoms with Gasteiger partial charge in [0, 0.05) is 17.3 Å². The molecular formula is C25H25N3O3. The number of benzene rings is 1. The average Bonchev–Trinajstić information content (AvgIpc) is 3.46. The number of nitrogens with zero attached hydrogens (tertiary/aromatic N) is 2. The van der Waals surface area contributed by atoms with Crippen LogP contribution in [0.15, 0.2) is 42.6 Å². The highest BCUT2D eigenvalue weighted by Crippen LogP contribution is 2.49. The first kappa shape index (κ1) is 19.7. The number of hydrogen-bond donors (Lipinski definition) is 1. The fourth-order valence-corrected chi connectivity index (χ4v) is 4.27. The minimum absolute atomic E-state index is 0.00213. The number of aryl methyl sites for hydroxylation is 2. The maximum absolute atomic E-state index is 13.3. The summed E-state index contributed by atoms with van der Waals surface area (Å²) < 4.78 is 10.8. The Labute approximate surface area is 181 Å². The number of methoxy groups -OCH3 is 1. The molecule has 5 rings (SSSR count). The van der Waals surface area contributed by atoms with E-state index < -0.39 is 5.41 Å². The molecule has 1 saturated carbocycles. The molecule has 2 aromatic heterocycles. The van der Waals surface area contributed by atoms with Crippen LogP contribution in [0.1, 0.15) is 40.7 Å². The van der Waals surface area contributed by atoms with E-state index >= 15 is 0 Å². The van der Waals surface area contributed by atoms with E-state index in [4.69, 9.17) is 14.5 Å². The lowest BCUT2D eigenvalue weighted by Gasteiger charge is -2.17. The van der Waals surface area contributed by atoms with Crippen LogP contribution in [0.25, 0.3) is 11.3 Å². The van der Waals surface area contributed by atoms with Gasteiger partial charge in [-0.3, -0.25) is 4.79 Å². The summed E-state index contributed by atoms with van der Waals surface area (Å²) in [5.74, 6) is 1.15. The topological polar surface area (TPSA) is 73.3 Å². The molecule has 1 amide bonds. The molecule has 1 N–H and O–H groups in total. The van der Waals surface area contributed by atoms with E-state index in [1.54, 1.807) is 13.3 Å². The zero-order valence-corrected chi connectivity index (χ0v) is 18.0. The summed E-state index contributed by atoms with van der Waals surface area (Å²) in [7, 11) is 1.61. The van der Waals surface area contributed by atoms with Crippen molar-refractivity contribution in [3.05, 3.63) is 70.4 Å². The maximum Gasteiger partial charge on any atom is 0.236 e. The highest BCUT2D eigenvalue weighted by Gasteiger charge is 2.51. The Hall–Kier alpha value is -3.25. The average molecular weight is 415 g/mol. The van der Waals surface area contributed by atoms with Crippen LogP contribution in [0, 0.1) is 13.8 Å². The van der Waals surface area contributed by atoms with E-state index in [0.717, 1.165) is 40.8 Å². The number of rotatable bonds is 5. The molecule has 0 radical (unpaired) electrons. The standard InChI is InChI=1S/C25H25N3O3/c1-15-4-7-21(27-22(15)18-10-16(2)23(30-3)26-12-18)28-24(29)25(8-9-25)20-6-5-17-13-31-14-19(17)11-20/h4-7,10-12H,8-9,13-14H2,1-3H3,(H,27,28,29). The summed E-state index contributed by atoms with van der Waals surface area (Å²) in [5.41, 5.74) is 6.65. The van der Waals surface area contributed by atoms with E-state index in [-0.39, 0.29) is 5.91 Å². The first-order valence-electron chi connectivity index (χ1n) is 10.5. The Morgan fingerprint density at radius 3 is 2.61 bits per heavy atom. The first-order valence-corrected chi connectivity index (χ1v) is 10.5. The Morgan fingerprint density at radius 2 is 1.87 bits per heavy atom. The summed E-state index contributed by atoms with van der Waals surface area (Å²) in [6.45, 7) is 5.24. The minimum Gasteiger partial charge on any atom is -0.481 e. The molecule has 0 atom stereocenters. The molecule has 6 heteroatoms. The van der Waals surface area contributed by atoms with Gasteiger partial charge < -0.3 is 14.8 Å². The van der Waals surface area contributed by atoms with Crippen molar-refractivity contribution in [1.29, 1.82) is 0 Å². The van der Waals surface area contributed by atoms with Crippen LogP contribution in [-0.4, -0.2) is 23.0 Å². The van der Waals surface area contributed by atoms with Gasteiger partial charge in [0.15, 0.2) is 0 Å². The monoisotopic (exact) mass is 415 g/mol. The molecule has 2 aliphatic rings. The van der Waals surface area contributed by atoms with Crippen molar-refractivity contribution in [2.45, 2.75) is 45.3 Å². The van der Waals surface area contributed by atoms with Gasteiger partial charge in [0.05, 0.1) is 31.4 Å². The number of fused-ring (bicyclic) bond motifs is 1. The predicted octanol–water partition coefficient (Wildman–Crippen LogP) is 4.47. The van der Waals surface area contributed by atoms with E-state index in [0.29, 0.717) is 24.9 Å². The molecule has 3 aromatic rings. The minimum atomic E-state index is -0.470. The van der Waals surface area contributed by atoms with Crippen LogP contribution in [0.3, 0.4) is 0 Å². The Balaban J connectivity index is 1.41. The predicted molar refractivity (Wildman–Crippen MR) is 118 cm³/mol. The van der Waals surface area contributed by atoms with Crippen molar-refractivity contribution < 1.29 is 14.3 Å². The van der Waals surface area contributed by atoms with Gasteiger partial charge in [-0.25, -0.2) is 9.97 Å². The molecule has 0 spiro atoms. The second-order valence-electron chi connectivity index (χ2n) is 8.42. The van der Waals surface area contributed by atoms with Crippen LogP contribution in [0.4, 0.5) is 5.82 Å². The summed E-state index contributed by atoms with van der Waals surface area (Å²) in [5, 5.41) is 3.06. The van der Waals surface area contributed by atoms with Gasteiger partial charge in [-0.2, -0.15) is 0 Å². The van der Waals surface area contributed by atoms with Gasteiger partial charge in [-0.15, -0.1) is 0 Å². The molecule has 6 nitrogen and oxygen atoms in total. The lowest BCUT2D eigenvalue weighted by atomic mass is 9.92. The van der Waals surface area contributed by atoms with Crippen molar-refractivity contribution in [2.75, 3.05) is 12.4 Å². The third-order valence-corrected chi connectivity index (χ3v) is 6.29. The van der Waals surface area contributed by atoms with Crippen molar-refractivity contribution in [3.8, 4) is 17.1 Å². The second kappa shape index (κ2) is 7.46. The van der Waals surface area contributed by atoms with Gasteiger partial charge >= 0.3 is 0 Å². The Kier molecular flexibility index (Phi) is 4.74. The number of nitrogens with one attached hydrogen (secondary N) is 1. The molecule has 1 aliphatic carbocycles. The Bertz CT molecular complexity index is 1180. The van der Waals surface area contributed by atoms with Crippen LogP contribution in [-0.2, 0) is 28.2 Å². The van der Waals surface area contributed by atoms with Crippen molar-refractivity contribution in [2.24, 2.45) is 0 Å². The highest BCUT2D eigenvalue weighted by atomic mass is 16.5. The maximum atomic E-state index is 13.3. The normalized spacial score (nSPS) is 16.0. The van der Waals surface area contributed by atoms with Gasteiger partial charge in [0.1, 0.15) is 5.82 Å². The molecule has 0 saturated heterocycles. The summed E-state index contributed by atoms with van der Waals surface area (Å²) in [6, 6.07) is 12.1. The summed E-state index contributed by atoms with van der Waals surface area (Å²) in [6.07, 6.45) is 3.44. The quantitative estimate of drug-likeness (QED) is 0.666. The van der Waals surface area contributed by atoms with E-state index in [9.17, 15) is 4.79 Å². The van der Waals surface area contributed by atoms with E-state index in [1.807, 2.05) is 32.0 Å². The van der Waals surface area contributed by atoms with Crippen LogP contribution < -0.4 is 10.1 Å². The van der Waals surface area contributed by atoms with E-state index in [1.165, 1.54) is 11.1 Å². The molecule has 0 bridgehead atoms. The highest BCUT2D eigenvalue weighted by molar-refractivity contribution is 6.01. The lowest BCUT2D eigenvalue weighted by molar-refractivity contribution is -0.118. The molecule has 31 heavy (non-hydrogen) atoms. The van der Waals surface area contributed by atoms with Gasteiger partial charge in [-0.1, -0.05) is 24.3 Å². The smallest absolute Gasteiger partial charge is 0.236 e. The van der Waals surface area contributed by atoms with Gasteiger partial charge in [-0.05, 0) is 61.1 Å². The zero-order valence-electron chi connectivity index (χ0n) is 18.0. The number of aromatic nitrogens is 2. The fraction of sp³-hybridized carbons (Fsp3) is 0.320. The van der Waals surface area contributed by atoms with Gasteiger partial charge in [0.2, 0.25) is 11.8 Å². The molecular weight excluding hydrogens is 390 g/mol. The third kappa shape index (κ3) is 3.47. The fourth-order valence-electron chi connectivity index (χ4n) is 4.27. The number of anilines is 1. The van der Waals surface area contributed by atoms with Crippen LogP contribution >= 0.6 is 0 Å². The zero-order chi connectivity index (χ0) is 21.6. The van der Waals surface area contributed by atoms with E-state index in [2.05, 4.69) is 28.5 Å². The molecule has 3 heterocycles. The SMILES string of the molecule is COc1ncc(-c2nc(NC(=O)C3(c4ccc5c(c4)COC5)CC3)ccc2C)cc1C. The molecule has 1 fully saturated rings. The van der Waals surface area contributed by atoms with Crippen LogP contribution in [0.2, 0.25) is 0 Å². The number of amides is 1. The number of hydrogen-bond acceptors (Lipinski definition) is 5.